The Balaban J connectivity index is 1.71. The highest BCUT2D eigenvalue weighted by atomic mass is 16.5. The molecule has 0 unspecified atom stereocenters. The van der Waals surface area contributed by atoms with Crippen molar-refractivity contribution in [1.82, 2.24) is 15.3 Å². The number of aromatic nitrogens is 2. The number of nitrogens with zero attached hydrogens (tertiary/aromatic N) is 2. The van der Waals surface area contributed by atoms with Gasteiger partial charge in [0.2, 0.25) is 0 Å². The maximum absolute atomic E-state index is 5.57. The zero-order valence-electron chi connectivity index (χ0n) is 17.0. The average Bonchev–Trinajstić information content (AvgIpc) is 3.23. The fourth-order valence-corrected chi connectivity index (χ4v) is 2.83. The Morgan fingerprint density at radius 2 is 1.93 bits per heavy atom. The van der Waals surface area contributed by atoms with Gasteiger partial charge >= 0.3 is 0 Å². The van der Waals surface area contributed by atoms with Crippen LogP contribution in [-0.2, 0) is 6.54 Å². The number of benzene rings is 2. The Hall–Kier alpha value is -3.48. The molecular formula is C22H27N5O2. The summed E-state index contributed by atoms with van der Waals surface area (Å²) < 4.78 is 11.0. The van der Waals surface area contributed by atoms with E-state index in [0.29, 0.717) is 30.6 Å². The molecule has 0 saturated heterocycles. The highest BCUT2D eigenvalue weighted by molar-refractivity contribution is 5.93. The molecule has 0 radical (unpaired) electrons. The number of hydrogen-bond acceptors (Lipinski definition) is 4. The van der Waals surface area contributed by atoms with Gasteiger partial charge in [-0.25, -0.2) is 9.98 Å². The van der Waals surface area contributed by atoms with Crippen LogP contribution in [0.2, 0.25) is 0 Å². The number of methoxy groups -OCH3 is 1. The van der Waals surface area contributed by atoms with E-state index in [4.69, 9.17) is 9.47 Å². The second-order valence-corrected chi connectivity index (χ2v) is 6.23. The molecule has 0 bridgehead atoms. The fraction of sp³-hybridized carbons (Fsp3) is 0.273. The molecule has 0 aliphatic rings. The number of anilines is 1. The topological polar surface area (TPSA) is 83.6 Å². The Kier molecular flexibility index (Phi) is 7.10. The second kappa shape index (κ2) is 10.2. The summed E-state index contributed by atoms with van der Waals surface area (Å²) in [4.78, 5) is 12.4. The minimum Gasteiger partial charge on any atom is -0.493 e. The van der Waals surface area contributed by atoms with Crippen LogP contribution in [0.25, 0.3) is 11.3 Å². The summed E-state index contributed by atoms with van der Waals surface area (Å²) in [6.45, 7) is 5.72. The van der Waals surface area contributed by atoms with E-state index in [1.807, 2.05) is 68.6 Å². The van der Waals surface area contributed by atoms with Gasteiger partial charge in [-0.1, -0.05) is 30.3 Å². The van der Waals surface area contributed by atoms with Crippen LogP contribution >= 0.6 is 0 Å². The minimum atomic E-state index is 0.427. The standard InChI is InChI=1S/C22H27N5O2/c1-4-23-22(26-17-11-12-19(29-5-2)20(13-17)28-3)25-15-21-24-14-18(27-21)16-9-7-6-8-10-16/h6-14H,4-5,15H2,1-3H3,(H,24,27)(H2,23,25,26). The number of guanidine groups is 1. The van der Waals surface area contributed by atoms with Crippen LogP contribution in [0.3, 0.4) is 0 Å². The Morgan fingerprint density at radius 3 is 2.66 bits per heavy atom. The van der Waals surface area contributed by atoms with Gasteiger partial charge in [-0.15, -0.1) is 0 Å². The number of ether oxygens (including phenoxy) is 2. The van der Waals surface area contributed by atoms with E-state index in [0.717, 1.165) is 29.3 Å². The first-order chi connectivity index (χ1) is 14.2. The van der Waals surface area contributed by atoms with E-state index in [9.17, 15) is 0 Å². The van der Waals surface area contributed by atoms with Crippen molar-refractivity contribution in [2.75, 3.05) is 25.6 Å². The molecule has 3 rings (SSSR count). The van der Waals surface area contributed by atoms with E-state index in [2.05, 4.69) is 25.6 Å². The smallest absolute Gasteiger partial charge is 0.196 e. The van der Waals surface area contributed by atoms with Crippen molar-refractivity contribution in [1.29, 1.82) is 0 Å². The first kappa shape index (κ1) is 20.3. The van der Waals surface area contributed by atoms with Crippen LogP contribution in [0, 0.1) is 0 Å². The fourth-order valence-electron chi connectivity index (χ4n) is 2.83. The number of rotatable bonds is 8. The first-order valence-corrected chi connectivity index (χ1v) is 9.69. The molecule has 0 fully saturated rings. The highest BCUT2D eigenvalue weighted by Crippen LogP contribution is 2.30. The highest BCUT2D eigenvalue weighted by Gasteiger charge is 2.08. The molecule has 29 heavy (non-hydrogen) atoms. The third-order valence-electron chi connectivity index (χ3n) is 4.17. The minimum absolute atomic E-state index is 0.427. The van der Waals surface area contributed by atoms with E-state index < -0.39 is 0 Å². The molecule has 1 heterocycles. The van der Waals surface area contributed by atoms with Gasteiger partial charge in [0.25, 0.3) is 0 Å². The molecule has 0 saturated carbocycles. The van der Waals surface area contributed by atoms with Crippen LogP contribution in [0.15, 0.2) is 59.7 Å². The van der Waals surface area contributed by atoms with Crippen LogP contribution < -0.4 is 20.1 Å². The van der Waals surface area contributed by atoms with Crippen LogP contribution in [-0.4, -0.2) is 36.2 Å². The molecule has 0 aliphatic heterocycles. The molecular weight excluding hydrogens is 366 g/mol. The van der Waals surface area contributed by atoms with Crippen LogP contribution in [0.5, 0.6) is 11.5 Å². The maximum atomic E-state index is 5.57. The molecule has 0 spiro atoms. The van der Waals surface area contributed by atoms with Gasteiger partial charge in [0.15, 0.2) is 17.5 Å². The molecule has 7 heteroatoms. The predicted octanol–water partition coefficient (Wildman–Crippen LogP) is 4.06. The third-order valence-corrected chi connectivity index (χ3v) is 4.17. The van der Waals surface area contributed by atoms with Gasteiger partial charge in [-0.05, 0) is 31.5 Å². The van der Waals surface area contributed by atoms with E-state index in [-0.39, 0.29) is 0 Å². The summed E-state index contributed by atoms with van der Waals surface area (Å²) >= 11 is 0. The van der Waals surface area contributed by atoms with Gasteiger partial charge in [-0.3, -0.25) is 0 Å². The summed E-state index contributed by atoms with van der Waals surface area (Å²) in [6, 6.07) is 15.8. The van der Waals surface area contributed by atoms with Crippen molar-refractivity contribution in [2.24, 2.45) is 4.99 Å². The zero-order chi connectivity index (χ0) is 20.5. The molecule has 7 nitrogen and oxygen atoms in total. The summed E-state index contributed by atoms with van der Waals surface area (Å²) in [5, 5.41) is 6.54. The van der Waals surface area contributed by atoms with Crippen LogP contribution in [0.4, 0.5) is 5.69 Å². The normalized spacial score (nSPS) is 11.2. The third kappa shape index (κ3) is 5.51. The van der Waals surface area contributed by atoms with Crippen molar-refractivity contribution >= 4 is 11.6 Å². The lowest BCUT2D eigenvalue weighted by Gasteiger charge is -2.14. The zero-order valence-corrected chi connectivity index (χ0v) is 17.0. The van der Waals surface area contributed by atoms with Crippen LogP contribution in [0.1, 0.15) is 19.7 Å². The van der Waals surface area contributed by atoms with Gasteiger partial charge < -0.3 is 25.1 Å². The maximum Gasteiger partial charge on any atom is 0.196 e. The lowest BCUT2D eigenvalue weighted by Crippen LogP contribution is -2.30. The van der Waals surface area contributed by atoms with Gasteiger partial charge in [0, 0.05) is 18.3 Å². The number of H-pyrrole nitrogens is 1. The number of aliphatic imine (C=N–C) groups is 1. The van der Waals surface area contributed by atoms with E-state index in [1.165, 1.54) is 0 Å². The van der Waals surface area contributed by atoms with Crippen molar-refractivity contribution < 1.29 is 9.47 Å². The second-order valence-electron chi connectivity index (χ2n) is 6.23. The van der Waals surface area contributed by atoms with Crippen molar-refractivity contribution in [2.45, 2.75) is 20.4 Å². The van der Waals surface area contributed by atoms with E-state index >= 15 is 0 Å². The van der Waals surface area contributed by atoms with Gasteiger partial charge in [0.1, 0.15) is 12.4 Å². The monoisotopic (exact) mass is 393 g/mol. The largest absolute Gasteiger partial charge is 0.493 e. The average molecular weight is 393 g/mol. The molecule has 0 aliphatic carbocycles. The lowest BCUT2D eigenvalue weighted by molar-refractivity contribution is 0.311. The molecule has 3 aromatic rings. The Morgan fingerprint density at radius 1 is 1.10 bits per heavy atom. The lowest BCUT2D eigenvalue weighted by atomic mass is 10.2. The van der Waals surface area contributed by atoms with Crippen molar-refractivity contribution in [3.63, 3.8) is 0 Å². The number of imidazole rings is 1. The number of hydrogen-bond donors (Lipinski definition) is 3. The van der Waals surface area contributed by atoms with Gasteiger partial charge in [0.05, 0.1) is 25.6 Å². The van der Waals surface area contributed by atoms with E-state index in [1.54, 1.807) is 7.11 Å². The number of aromatic amines is 1. The quantitative estimate of drug-likeness (QED) is 0.397. The predicted molar refractivity (Wildman–Crippen MR) is 117 cm³/mol. The summed E-state index contributed by atoms with van der Waals surface area (Å²) in [5.41, 5.74) is 2.93. The van der Waals surface area contributed by atoms with Gasteiger partial charge in [-0.2, -0.15) is 0 Å². The molecule has 0 atom stereocenters. The molecule has 152 valence electrons. The molecule has 1 aromatic heterocycles. The molecule has 3 N–H and O–H groups in total. The Bertz CT molecular complexity index is 937. The molecule has 0 amide bonds. The summed E-state index contributed by atoms with van der Waals surface area (Å²) in [7, 11) is 1.63. The van der Waals surface area contributed by atoms with Crippen molar-refractivity contribution in [3.05, 3.63) is 60.6 Å². The summed E-state index contributed by atoms with van der Waals surface area (Å²) in [6.07, 6.45) is 1.83. The Labute approximate surface area is 171 Å². The number of nitrogens with one attached hydrogen (secondary N) is 3. The SMILES string of the molecule is CCNC(=NCc1ncc(-c2ccccc2)[nH]1)Nc1ccc(OCC)c(OC)c1. The first-order valence-electron chi connectivity index (χ1n) is 9.69. The molecule has 2 aromatic carbocycles. The van der Waals surface area contributed by atoms with Crippen molar-refractivity contribution in [3.8, 4) is 22.8 Å². The summed E-state index contributed by atoms with van der Waals surface area (Å²) in [5.74, 6) is 2.85.